The summed E-state index contributed by atoms with van der Waals surface area (Å²) in [6, 6.07) is 3.57. The maximum atomic E-state index is 11.5. The predicted octanol–water partition coefficient (Wildman–Crippen LogP) is 1.50. The number of rotatable bonds is 6. The van der Waals surface area contributed by atoms with Crippen molar-refractivity contribution in [2.24, 2.45) is 0 Å². The van der Waals surface area contributed by atoms with E-state index in [2.05, 4.69) is 15.3 Å². The molecule has 2 heterocycles. The van der Waals surface area contributed by atoms with Gasteiger partial charge in [-0.05, 0) is 19.1 Å². The highest BCUT2D eigenvalue weighted by atomic mass is 32.2. The van der Waals surface area contributed by atoms with Crippen molar-refractivity contribution in [3.63, 3.8) is 0 Å². The Morgan fingerprint density at radius 2 is 2.20 bits per heavy atom. The second-order valence-electron chi connectivity index (χ2n) is 4.62. The van der Waals surface area contributed by atoms with E-state index < -0.39 is 9.84 Å². The standard InChI is InChI=1S/C13H18N4O2S/c1-3-20(18,19)9-11(2)16-12-4-5-13(15-8-12)17-7-6-14-10-17/h4-8,10-11,16H,3,9H2,1-2H3. The van der Waals surface area contributed by atoms with E-state index in [1.807, 2.05) is 25.3 Å². The molecular formula is C13H18N4O2S. The van der Waals surface area contributed by atoms with E-state index in [-0.39, 0.29) is 17.5 Å². The summed E-state index contributed by atoms with van der Waals surface area (Å²) >= 11 is 0. The van der Waals surface area contributed by atoms with Gasteiger partial charge in [-0.3, -0.25) is 4.57 Å². The Hall–Kier alpha value is -1.89. The molecule has 6 nitrogen and oxygen atoms in total. The molecule has 1 atom stereocenters. The quantitative estimate of drug-likeness (QED) is 0.873. The number of aromatic nitrogens is 3. The fraction of sp³-hybridized carbons (Fsp3) is 0.385. The summed E-state index contributed by atoms with van der Waals surface area (Å²) in [4.78, 5) is 8.26. The largest absolute Gasteiger partial charge is 0.380 e. The smallest absolute Gasteiger partial charge is 0.152 e. The maximum absolute atomic E-state index is 11.5. The summed E-state index contributed by atoms with van der Waals surface area (Å²) in [7, 11) is -2.98. The summed E-state index contributed by atoms with van der Waals surface area (Å²) in [6.45, 7) is 3.50. The molecule has 0 radical (unpaired) electrons. The van der Waals surface area contributed by atoms with E-state index >= 15 is 0 Å². The van der Waals surface area contributed by atoms with E-state index in [9.17, 15) is 8.42 Å². The van der Waals surface area contributed by atoms with E-state index in [4.69, 9.17) is 0 Å². The lowest BCUT2D eigenvalue weighted by atomic mass is 10.3. The fourth-order valence-corrected chi connectivity index (χ4v) is 2.92. The van der Waals surface area contributed by atoms with Crippen molar-refractivity contribution in [3.8, 4) is 5.82 Å². The molecule has 2 aromatic heterocycles. The van der Waals surface area contributed by atoms with Crippen LogP contribution in [0.25, 0.3) is 5.82 Å². The monoisotopic (exact) mass is 294 g/mol. The zero-order valence-corrected chi connectivity index (χ0v) is 12.3. The van der Waals surface area contributed by atoms with Crippen LogP contribution in [0.5, 0.6) is 0 Å². The number of pyridine rings is 1. The minimum absolute atomic E-state index is 0.118. The second-order valence-corrected chi connectivity index (χ2v) is 7.02. The van der Waals surface area contributed by atoms with Crippen molar-refractivity contribution >= 4 is 15.5 Å². The van der Waals surface area contributed by atoms with Crippen molar-refractivity contribution < 1.29 is 8.42 Å². The van der Waals surface area contributed by atoms with Gasteiger partial charge in [-0.25, -0.2) is 18.4 Å². The number of nitrogens with one attached hydrogen (secondary N) is 1. The number of hydrogen-bond donors (Lipinski definition) is 1. The molecule has 0 spiro atoms. The molecule has 108 valence electrons. The molecule has 1 unspecified atom stereocenters. The zero-order valence-electron chi connectivity index (χ0n) is 11.5. The fourth-order valence-electron chi connectivity index (χ4n) is 1.84. The first-order valence-electron chi connectivity index (χ1n) is 6.41. The van der Waals surface area contributed by atoms with Gasteiger partial charge in [0.25, 0.3) is 0 Å². The third kappa shape index (κ3) is 3.80. The van der Waals surface area contributed by atoms with Crippen LogP contribution in [0.1, 0.15) is 13.8 Å². The Morgan fingerprint density at radius 1 is 1.40 bits per heavy atom. The van der Waals surface area contributed by atoms with Crippen LogP contribution in [-0.2, 0) is 9.84 Å². The molecule has 0 aliphatic heterocycles. The first-order chi connectivity index (χ1) is 9.50. The lowest BCUT2D eigenvalue weighted by molar-refractivity contribution is 0.593. The van der Waals surface area contributed by atoms with Gasteiger partial charge in [0.05, 0.1) is 17.6 Å². The lowest BCUT2D eigenvalue weighted by Crippen LogP contribution is -2.26. The Bertz CT molecular complexity index is 636. The highest BCUT2D eigenvalue weighted by Crippen LogP contribution is 2.11. The van der Waals surface area contributed by atoms with Gasteiger partial charge >= 0.3 is 0 Å². The Balaban J connectivity index is 2.01. The summed E-state index contributed by atoms with van der Waals surface area (Å²) in [5, 5.41) is 3.14. The normalized spacial score (nSPS) is 13.1. The highest BCUT2D eigenvalue weighted by Gasteiger charge is 2.13. The van der Waals surface area contributed by atoms with Gasteiger partial charge in [-0.2, -0.15) is 0 Å². The molecule has 0 saturated heterocycles. The van der Waals surface area contributed by atoms with Gasteiger partial charge in [0.2, 0.25) is 0 Å². The molecule has 0 fully saturated rings. The summed E-state index contributed by atoms with van der Waals surface area (Å²) in [5.41, 5.74) is 0.799. The predicted molar refractivity (Wildman–Crippen MR) is 78.8 cm³/mol. The van der Waals surface area contributed by atoms with Crippen LogP contribution in [0.3, 0.4) is 0 Å². The maximum Gasteiger partial charge on any atom is 0.152 e. The van der Waals surface area contributed by atoms with Gasteiger partial charge in [0.1, 0.15) is 12.1 Å². The Kier molecular flexibility index (Phi) is 4.39. The molecular weight excluding hydrogens is 276 g/mol. The average molecular weight is 294 g/mol. The van der Waals surface area contributed by atoms with Crippen molar-refractivity contribution in [2.75, 3.05) is 16.8 Å². The van der Waals surface area contributed by atoms with Crippen LogP contribution in [0.2, 0.25) is 0 Å². The molecule has 0 aliphatic carbocycles. The van der Waals surface area contributed by atoms with Crippen molar-refractivity contribution in [2.45, 2.75) is 19.9 Å². The summed E-state index contributed by atoms with van der Waals surface area (Å²) in [5.74, 6) is 1.05. The number of nitrogens with zero attached hydrogens (tertiary/aromatic N) is 3. The van der Waals surface area contributed by atoms with E-state index in [1.54, 1.807) is 30.2 Å². The van der Waals surface area contributed by atoms with Crippen LogP contribution in [0, 0.1) is 0 Å². The Labute approximate surface area is 118 Å². The molecule has 0 amide bonds. The first kappa shape index (κ1) is 14.5. The minimum atomic E-state index is -2.98. The van der Waals surface area contributed by atoms with E-state index in [1.165, 1.54) is 0 Å². The third-order valence-corrected chi connectivity index (χ3v) is 4.76. The first-order valence-corrected chi connectivity index (χ1v) is 8.23. The third-order valence-electron chi connectivity index (χ3n) is 2.87. The zero-order chi connectivity index (χ0) is 14.6. The van der Waals surface area contributed by atoms with Gasteiger partial charge in [-0.1, -0.05) is 6.92 Å². The molecule has 0 aromatic carbocycles. The van der Waals surface area contributed by atoms with Crippen LogP contribution in [0.4, 0.5) is 5.69 Å². The van der Waals surface area contributed by atoms with Crippen LogP contribution in [-0.4, -0.2) is 40.5 Å². The van der Waals surface area contributed by atoms with Gasteiger partial charge in [0, 0.05) is 24.2 Å². The molecule has 0 aliphatic rings. The second kappa shape index (κ2) is 6.04. The number of anilines is 1. The summed E-state index contributed by atoms with van der Waals surface area (Å²) in [6.07, 6.45) is 6.85. The van der Waals surface area contributed by atoms with E-state index in [0.29, 0.717) is 0 Å². The number of imidazole rings is 1. The number of hydrogen-bond acceptors (Lipinski definition) is 5. The molecule has 0 bridgehead atoms. The number of sulfone groups is 1. The van der Waals surface area contributed by atoms with Crippen molar-refractivity contribution in [1.82, 2.24) is 14.5 Å². The molecule has 1 N–H and O–H groups in total. The molecule has 2 aromatic rings. The average Bonchev–Trinajstić information content (AvgIpc) is 2.93. The lowest BCUT2D eigenvalue weighted by Gasteiger charge is -2.15. The van der Waals surface area contributed by atoms with Crippen LogP contribution in [0.15, 0.2) is 37.1 Å². The van der Waals surface area contributed by atoms with E-state index in [0.717, 1.165) is 11.5 Å². The van der Waals surface area contributed by atoms with Crippen molar-refractivity contribution in [1.29, 1.82) is 0 Å². The summed E-state index contributed by atoms with van der Waals surface area (Å²) < 4.78 is 24.9. The molecule has 20 heavy (non-hydrogen) atoms. The topological polar surface area (TPSA) is 76.9 Å². The van der Waals surface area contributed by atoms with Gasteiger partial charge < -0.3 is 5.32 Å². The van der Waals surface area contributed by atoms with Gasteiger partial charge in [-0.15, -0.1) is 0 Å². The minimum Gasteiger partial charge on any atom is -0.380 e. The van der Waals surface area contributed by atoms with Crippen LogP contribution >= 0.6 is 0 Å². The SMILES string of the molecule is CCS(=O)(=O)CC(C)Nc1ccc(-n2ccnc2)nc1. The van der Waals surface area contributed by atoms with Crippen molar-refractivity contribution in [3.05, 3.63) is 37.1 Å². The highest BCUT2D eigenvalue weighted by molar-refractivity contribution is 7.91. The van der Waals surface area contributed by atoms with Crippen LogP contribution < -0.4 is 5.32 Å². The molecule has 0 saturated carbocycles. The molecule has 7 heteroatoms. The Morgan fingerprint density at radius 3 is 2.75 bits per heavy atom. The van der Waals surface area contributed by atoms with Gasteiger partial charge in [0.15, 0.2) is 9.84 Å². The molecule has 2 rings (SSSR count).